The van der Waals surface area contributed by atoms with E-state index in [-0.39, 0.29) is 0 Å². The zero-order valence-corrected chi connectivity index (χ0v) is 11.7. The minimum Gasteiger partial charge on any atom is -0.313 e. The quantitative estimate of drug-likeness (QED) is 0.606. The number of benzene rings is 1. The molecule has 0 aromatic heterocycles. The van der Waals surface area contributed by atoms with Gasteiger partial charge in [-0.05, 0) is 26.1 Å². The first-order valence-electron chi connectivity index (χ1n) is 6.61. The normalized spacial score (nSPS) is 26.4. The maximum atomic E-state index is 11.8. The lowest BCUT2D eigenvalue weighted by Gasteiger charge is -2.34. The number of hydrogen-bond donors (Lipinski definition) is 0. The first kappa shape index (κ1) is 13.7. The fraction of sp³-hybridized carbons (Fsp3) is 0.467. The van der Waals surface area contributed by atoms with Gasteiger partial charge in [-0.1, -0.05) is 30.3 Å². The molecule has 1 aromatic rings. The van der Waals surface area contributed by atoms with E-state index >= 15 is 0 Å². The fourth-order valence-corrected chi connectivity index (χ4v) is 2.23. The van der Waals surface area contributed by atoms with Crippen LogP contribution in [0.4, 0.5) is 0 Å². The van der Waals surface area contributed by atoms with Crippen LogP contribution in [0.3, 0.4) is 0 Å². The van der Waals surface area contributed by atoms with Crippen molar-refractivity contribution in [2.45, 2.75) is 26.3 Å². The van der Waals surface area contributed by atoms with Crippen LogP contribution in [0.25, 0.3) is 0 Å². The van der Waals surface area contributed by atoms with Crippen LogP contribution in [0.1, 0.15) is 30.6 Å². The van der Waals surface area contributed by atoms with E-state index in [0.29, 0.717) is 17.5 Å². The van der Waals surface area contributed by atoms with E-state index in [0.717, 1.165) is 18.7 Å². The Morgan fingerprint density at radius 3 is 2.68 bits per heavy atom. The van der Waals surface area contributed by atoms with Crippen molar-refractivity contribution in [2.75, 3.05) is 13.6 Å². The van der Waals surface area contributed by atoms with Gasteiger partial charge < -0.3 is 9.74 Å². The summed E-state index contributed by atoms with van der Waals surface area (Å²) in [6.07, 6.45) is 0.847. The molecule has 1 aliphatic rings. The largest absolute Gasteiger partial charge is 0.365 e. The van der Waals surface area contributed by atoms with Crippen LogP contribution >= 0.6 is 0 Å². The lowest BCUT2D eigenvalue weighted by Crippen LogP contribution is -2.43. The first-order valence-corrected chi connectivity index (χ1v) is 6.61. The van der Waals surface area contributed by atoms with Crippen LogP contribution in [0.2, 0.25) is 0 Å². The molecule has 2 rings (SSSR count). The predicted octanol–water partition coefficient (Wildman–Crippen LogP) is 2.56. The summed E-state index contributed by atoms with van der Waals surface area (Å²) >= 11 is 0. The third-order valence-corrected chi connectivity index (χ3v) is 3.64. The van der Waals surface area contributed by atoms with Crippen molar-refractivity contribution in [1.82, 2.24) is 4.90 Å². The van der Waals surface area contributed by atoms with E-state index < -0.39 is 5.97 Å². The van der Waals surface area contributed by atoms with Gasteiger partial charge in [0.25, 0.3) is 0 Å². The van der Waals surface area contributed by atoms with Crippen molar-refractivity contribution in [3.8, 4) is 0 Å². The van der Waals surface area contributed by atoms with E-state index in [4.69, 9.17) is 4.84 Å². The SMILES string of the molecule is C[C@@H]1CN(C)[C@@H](C)C/C1=N/OC(=O)c1ccccc1. The second kappa shape index (κ2) is 5.97. The number of piperidine rings is 1. The molecular formula is C15H20N2O2. The average molecular weight is 260 g/mol. The highest BCUT2D eigenvalue weighted by molar-refractivity contribution is 5.91. The molecule has 102 valence electrons. The van der Waals surface area contributed by atoms with E-state index in [1.54, 1.807) is 12.1 Å². The maximum Gasteiger partial charge on any atom is 0.365 e. The molecule has 4 nitrogen and oxygen atoms in total. The number of rotatable bonds is 2. The van der Waals surface area contributed by atoms with Gasteiger partial charge >= 0.3 is 5.97 Å². The van der Waals surface area contributed by atoms with Crippen molar-refractivity contribution < 1.29 is 9.63 Å². The van der Waals surface area contributed by atoms with Crippen LogP contribution in [0.5, 0.6) is 0 Å². The summed E-state index contributed by atoms with van der Waals surface area (Å²) < 4.78 is 0. The average Bonchev–Trinajstić information content (AvgIpc) is 2.42. The van der Waals surface area contributed by atoms with Gasteiger partial charge in [-0.15, -0.1) is 0 Å². The Morgan fingerprint density at radius 2 is 2.00 bits per heavy atom. The maximum absolute atomic E-state index is 11.8. The van der Waals surface area contributed by atoms with E-state index in [2.05, 4.69) is 31.0 Å². The minimum atomic E-state index is -0.396. The molecule has 1 heterocycles. The number of likely N-dealkylation sites (tertiary alicyclic amines) is 1. The number of carbonyl (C=O) groups excluding carboxylic acids is 1. The summed E-state index contributed by atoms with van der Waals surface area (Å²) in [5, 5.41) is 4.07. The van der Waals surface area contributed by atoms with E-state index in [1.807, 2.05) is 18.2 Å². The second-order valence-corrected chi connectivity index (χ2v) is 5.22. The van der Waals surface area contributed by atoms with Crippen LogP contribution in [-0.2, 0) is 4.84 Å². The summed E-state index contributed by atoms with van der Waals surface area (Å²) in [7, 11) is 2.11. The molecule has 4 heteroatoms. The molecule has 0 aliphatic carbocycles. The van der Waals surface area contributed by atoms with Gasteiger partial charge in [0.1, 0.15) is 0 Å². The molecule has 19 heavy (non-hydrogen) atoms. The summed E-state index contributed by atoms with van der Waals surface area (Å²) in [5.41, 5.74) is 1.50. The number of nitrogens with zero attached hydrogens (tertiary/aromatic N) is 2. The lowest BCUT2D eigenvalue weighted by molar-refractivity contribution is 0.0508. The van der Waals surface area contributed by atoms with Gasteiger partial charge in [0.05, 0.1) is 11.3 Å². The number of hydrogen-bond acceptors (Lipinski definition) is 4. The van der Waals surface area contributed by atoms with Gasteiger partial charge in [0.15, 0.2) is 0 Å². The molecule has 0 saturated carbocycles. The van der Waals surface area contributed by atoms with Crippen LogP contribution in [-0.4, -0.2) is 36.2 Å². The molecular weight excluding hydrogens is 240 g/mol. The highest BCUT2D eigenvalue weighted by atomic mass is 16.7. The Bertz CT molecular complexity index is 470. The highest BCUT2D eigenvalue weighted by Gasteiger charge is 2.26. The van der Waals surface area contributed by atoms with Gasteiger partial charge in [-0.2, -0.15) is 0 Å². The molecule has 0 amide bonds. The third-order valence-electron chi connectivity index (χ3n) is 3.64. The minimum absolute atomic E-state index is 0.324. The zero-order chi connectivity index (χ0) is 13.8. The van der Waals surface area contributed by atoms with Crippen molar-refractivity contribution in [1.29, 1.82) is 0 Å². The molecule has 1 fully saturated rings. The zero-order valence-electron chi connectivity index (χ0n) is 11.7. The predicted molar refractivity (Wildman–Crippen MR) is 75.2 cm³/mol. The van der Waals surface area contributed by atoms with Gasteiger partial charge in [-0.3, -0.25) is 0 Å². The van der Waals surface area contributed by atoms with E-state index in [9.17, 15) is 4.79 Å². The standard InChI is InChI=1S/C15H20N2O2/c1-11-10-17(3)12(2)9-14(11)16-19-15(18)13-7-5-4-6-8-13/h4-8,11-12H,9-10H2,1-3H3/b16-14-/t11-,12+/m1/s1. The number of oxime groups is 1. The second-order valence-electron chi connectivity index (χ2n) is 5.22. The Balaban J connectivity index is 2.00. The van der Waals surface area contributed by atoms with Crippen molar-refractivity contribution >= 4 is 11.7 Å². The fourth-order valence-electron chi connectivity index (χ4n) is 2.23. The Labute approximate surface area is 114 Å². The van der Waals surface area contributed by atoms with Crippen molar-refractivity contribution in [2.24, 2.45) is 11.1 Å². The van der Waals surface area contributed by atoms with Crippen molar-refractivity contribution in [3.63, 3.8) is 0 Å². The Kier molecular flexibility index (Phi) is 4.32. The van der Waals surface area contributed by atoms with Gasteiger partial charge in [0.2, 0.25) is 0 Å². The molecule has 0 radical (unpaired) electrons. The van der Waals surface area contributed by atoms with Crippen LogP contribution in [0, 0.1) is 5.92 Å². The summed E-state index contributed by atoms with van der Waals surface area (Å²) in [4.78, 5) is 19.1. The molecule has 1 aromatic carbocycles. The highest BCUT2D eigenvalue weighted by Crippen LogP contribution is 2.18. The molecule has 0 bridgehead atoms. The smallest absolute Gasteiger partial charge is 0.313 e. The van der Waals surface area contributed by atoms with Gasteiger partial charge in [-0.25, -0.2) is 4.79 Å². The monoisotopic (exact) mass is 260 g/mol. The summed E-state index contributed by atoms with van der Waals surface area (Å²) in [5.74, 6) is -0.0725. The third kappa shape index (κ3) is 3.41. The van der Waals surface area contributed by atoms with Crippen LogP contribution in [0.15, 0.2) is 35.5 Å². The molecule has 1 saturated heterocycles. The molecule has 0 spiro atoms. The lowest BCUT2D eigenvalue weighted by atomic mass is 9.93. The summed E-state index contributed by atoms with van der Waals surface area (Å²) in [6, 6.07) is 9.37. The molecule has 0 unspecified atom stereocenters. The molecule has 2 atom stereocenters. The van der Waals surface area contributed by atoms with Gasteiger partial charge in [0, 0.05) is 24.9 Å². The van der Waals surface area contributed by atoms with Crippen LogP contribution < -0.4 is 0 Å². The van der Waals surface area contributed by atoms with Crippen molar-refractivity contribution in [3.05, 3.63) is 35.9 Å². The number of carbonyl (C=O) groups is 1. The summed E-state index contributed by atoms with van der Waals surface area (Å²) in [6.45, 7) is 5.21. The Morgan fingerprint density at radius 1 is 1.32 bits per heavy atom. The molecule has 1 aliphatic heterocycles. The molecule has 0 N–H and O–H groups in total. The van der Waals surface area contributed by atoms with E-state index in [1.165, 1.54) is 0 Å². The first-order chi connectivity index (χ1) is 9.08. The topological polar surface area (TPSA) is 41.9 Å². The Hall–Kier alpha value is -1.68.